The van der Waals surface area contributed by atoms with Crippen molar-refractivity contribution in [3.8, 4) is 34.3 Å². The van der Waals surface area contributed by atoms with Crippen LogP contribution in [0.15, 0.2) is 109 Å². The lowest BCUT2D eigenvalue weighted by Gasteiger charge is -2.19. The maximum absolute atomic E-state index is 13.6. The Labute approximate surface area is 439 Å². The molecule has 0 aliphatic heterocycles. The highest BCUT2D eigenvalue weighted by atomic mass is 16.7. The molecule has 77 heavy (non-hydrogen) atoms. The molecule has 6 heterocycles. The van der Waals surface area contributed by atoms with E-state index in [9.17, 15) is 29.7 Å². The van der Waals surface area contributed by atoms with Crippen LogP contribution in [0.5, 0.6) is 17.2 Å². The fraction of sp³-hybridized carbons (Fsp3) is 0.316. The number of hydrogen-bond acceptors (Lipinski definition) is 11. The first kappa shape index (κ1) is 49.1. The van der Waals surface area contributed by atoms with Crippen LogP contribution < -0.4 is 0 Å². The van der Waals surface area contributed by atoms with E-state index >= 15 is 0 Å². The Morgan fingerprint density at radius 3 is 1.00 bits per heavy atom. The van der Waals surface area contributed by atoms with Gasteiger partial charge in [0.15, 0.2) is 13.6 Å². The number of rotatable bonds is 16. The summed E-state index contributed by atoms with van der Waals surface area (Å²) in [5, 5.41) is 32.2. The molecule has 20 nitrogen and oxygen atoms in total. The largest absolute Gasteiger partial charge is 0.506 e. The molecule has 0 fully saturated rings. The van der Waals surface area contributed by atoms with Gasteiger partial charge in [0.1, 0.15) is 67.4 Å². The molecule has 398 valence electrons. The van der Waals surface area contributed by atoms with Gasteiger partial charge in [0, 0.05) is 5.92 Å². The molecule has 0 radical (unpaired) electrons. The minimum Gasteiger partial charge on any atom is -0.506 e. The highest BCUT2D eigenvalue weighted by Crippen LogP contribution is 2.38. The summed E-state index contributed by atoms with van der Waals surface area (Å²) in [7, 11) is 0. The number of carbonyl (C=O) groups excluding carboxylic acids is 3. The van der Waals surface area contributed by atoms with Gasteiger partial charge in [0.2, 0.25) is 0 Å². The van der Waals surface area contributed by atoms with E-state index in [0.717, 1.165) is 49.8 Å². The molecular formula is C57H59N9O11. The number of phenolic OH excluding ortho intramolecular Hbond substituents is 3. The number of benzene rings is 6. The highest BCUT2D eigenvalue weighted by Gasteiger charge is 2.32. The molecule has 0 atom stereocenters. The topological polar surface area (TPSA) is 199 Å². The number of ether oxygens (including phenoxy) is 5. The second-order valence-corrected chi connectivity index (χ2v) is 22.9. The zero-order valence-electron chi connectivity index (χ0n) is 44.1. The van der Waals surface area contributed by atoms with Gasteiger partial charge in [-0.2, -0.15) is 0 Å². The molecule has 0 aliphatic rings. The van der Waals surface area contributed by atoms with E-state index in [0.29, 0.717) is 33.8 Å². The molecule has 0 aliphatic carbocycles. The van der Waals surface area contributed by atoms with Crippen LogP contribution in [0.2, 0.25) is 0 Å². The van der Waals surface area contributed by atoms with Gasteiger partial charge in [-0.15, -0.1) is 42.2 Å². The predicted molar refractivity (Wildman–Crippen MR) is 284 cm³/mol. The summed E-state index contributed by atoms with van der Waals surface area (Å²) in [6, 6.07) is 32.2. The Kier molecular flexibility index (Phi) is 11.1. The first-order valence-corrected chi connectivity index (χ1v) is 25.4. The van der Waals surface area contributed by atoms with E-state index in [4.69, 9.17) is 23.7 Å². The maximum atomic E-state index is 13.6. The number of nitrogens with zero attached hydrogens (tertiary/aromatic N) is 9. The summed E-state index contributed by atoms with van der Waals surface area (Å²) in [6.07, 6.45) is 0. The van der Waals surface area contributed by atoms with Crippen molar-refractivity contribution >= 4 is 51.0 Å². The molecule has 0 unspecified atom stereocenters. The number of phenols is 3. The van der Waals surface area contributed by atoms with E-state index in [2.05, 4.69) is 62.3 Å². The van der Waals surface area contributed by atoms with Crippen LogP contribution in [-0.4, -0.2) is 109 Å². The normalized spacial score (nSPS) is 13.0. The molecule has 0 amide bonds. The molecule has 0 bridgehead atoms. The van der Waals surface area contributed by atoms with E-state index < -0.39 is 37.4 Å². The van der Waals surface area contributed by atoms with Crippen LogP contribution in [0, 0.1) is 5.92 Å². The maximum Gasteiger partial charge on any atom is 0.340 e. The van der Waals surface area contributed by atoms with Crippen LogP contribution in [0.25, 0.3) is 50.2 Å². The quantitative estimate of drug-likeness (QED) is 0.0361. The monoisotopic (exact) mass is 1050 g/mol. The van der Waals surface area contributed by atoms with Gasteiger partial charge in [0.05, 0.1) is 36.5 Å². The predicted octanol–water partition coefficient (Wildman–Crippen LogP) is 9.33. The van der Waals surface area contributed by atoms with Gasteiger partial charge >= 0.3 is 17.9 Å². The van der Waals surface area contributed by atoms with Crippen molar-refractivity contribution in [1.82, 2.24) is 42.2 Å². The van der Waals surface area contributed by atoms with Crippen LogP contribution in [0.4, 0.5) is 0 Å². The van der Waals surface area contributed by atoms with Crippen molar-refractivity contribution in [3.63, 3.8) is 0 Å². The Morgan fingerprint density at radius 1 is 0.390 bits per heavy atom. The first-order chi connectivity index (χ1) is 36.6. The van der Waals surface area contributed by atoms with Gasteiger partial charge in [-0.3, -0.25) is 0 Å². The summed E-state index contributed by atoms with van der Waals surface area (Å²) in [6.45, 7) is 17.8. The third-order valence-corrected chi connectivity index (χ3v) is 14.3. The Hall–Kier alpha value is -8.75. The number of aromatic nitrogens is 9. The Bertz CT molecular complexity index is 4010. The SMILES string of the molecule is CC(C)(C)c1ccc(O)c(-n2n3c4ccc(C(=O)OCOCC(COCOC(=O)c5ccc6c(c5)n5n(-c7cc(C(C)(C)C)ccc7O)n65)COC(=O)c5ccc6c(c5)n5n(-c7cc(C(C)(C)C)ccc7O)n65)cc4n23)c1. The second kappa shape index (κ2) is 17.4. The minimum absolute atomic E-state index is 0.0611. The molecule has 3 N–H and O–H groups in total. The third-order valence-electron chi connectivity index (χ3n) is 14.3. The summed E-state index contributed by atoms with van der Waals surface area (Å²) in [5.74, 6) is -2.04. The van der Waals surface area contributed by atoms with Crippen molar-refractivity contribution in [2.24, 2.45) is 5.92 Å². The van der Waals surface area contributed by atoms with E-state index in [-0.39, 0.29) is 53.3 Å². The van der Waals surface area contributed by atoms with Crippen LogP contribution >= 0.6 is 0 Å². The molecule has 12 aromatic rings. The molecule has 12 rings (SSSR count). The van der Waals surface area contributed by atoms with E-state index in [1.807, 2.05) is 96.8 Å². The summed E-state index contributed by atoms with van der Waals surface area (Å²) in [5.41, 5.74) is 10.4. The van der Waals surface area contributed by atoms with Gasteiger partial charge in [-0.05, 0) is 124 Å². The van der Waals surface area contributed by atoms with Crippen LogP contribution in [0.3, 0.4) is 0 Å². The zero-order chi connectivity index (χ0) is 54.2. The average Bonchev–Trinajstić information content (AvgIpc) is 4.27. The second-order valence-electron chi connectivity index (χ2n) is 22.9. The van der Waals surface area contributed by atoms with Crippen molar-refractivity contribution in [3.05, 3.63) is 143 Å². The fourth-order valence-corrected chi connectivity index (χ4v) is 9.68. The number of aromatic hydroxyl groups is 3. The Balaban J connectivity index is 0.698. The van der Waals surface area contributed by atoms with Crippen LogP contribution in [0.1, 0.15) is 110 Å². The highest BCUT2D eigenvalue weighted by molar-refractivity contribution is 5.96. The molecule has 0 saturated heterocycles. The summed E-state index contributed by atoms with van der Waals surface area (Å²) < 4.78 is 39.7. The zero-order valence-corrected chi connectivity index (χ0v) is 44.1. The number of fused-ring (bicyclic) bond motifs is 12. The fourth-order valence-electron chi connectivity index (χ4n) is 9.68. The average molecular weight is 1050 g/mol. The molecule has 6 aromatic heterocycles. The molecule has 0 spiro atoms. The standard InChI is InChI=1S/C57H59N9O11/c1-55(2,3)37-13-19-49(67)46(25-37)64-58-40-16-10-34(22-43(40)61(58)64)52(70)75-30-33(28-73-31-76-53(71)35-11-17-41-44(23-35)62-59(41)65(62)47-26-38(56(4,5)6)14-20-50(47)68)29-74-32-77-54(72)36-12-18-42-45(24-36)63-60(42)66(63)48-27-39(57(7,8)9)15-21-51(48)69/h10-27,33,67-69H,28-32H2,1-9H3. The van der Waals surface area contributed by atoms with E-state index in [1.54, 1.807) is 54.6 Å². The summed E-state index contributed by atoms with van der Waals surface area (Å²) >= 11 is 0. The first-order valence-electron chi connectivity index (χ1n) is 25.4. The lowest BCUT2D eigenvalue weighted by atomic mass is 9.87. The summed E-state index contributed by atoms with van der Waals surface area (Å²) in [4.78, 5) is 45.7. The number of hydrogen-bond donors (Lipinski definition) is 3. The minimum atomic E-state index is -0.618. The lowest BCUT2D eigenvalue weighted by Crippen LogP contribution is -2.25. The third kappa shape index (κ3) is 8.43. The van der Waals surface area contributed by atoms with Crippen molar-refractivity contribution < 1.29 is 53.4 Å². The van der Waals surface area contributed by atoms with Gasteiger partial charge in [-0.1, -0.05) is 80.5 Å². The lowest BCUT2D eigenvalue weighted by molar-refractivity contribution is -0.0790. The number of carbonyl (C=O) groups is 3. The van der Waals surface area contributed by atoms with Gasteiger partial charge < -0.3 is 39.0 Å². The van der Waals surface area contributed by atoms with E-state index in [1.165, 1.54) is 0 Å². The van der Waals surface area contributed by atoms with Crippen molar-refractivity contribution in [2.45, 2.75) is 78.6 Å². The molecule has 0 saturated carbocycles. The van der Waals surface area contributed by atoms with Crippen molar-refractivity contribution in [2.75, 3.05) is 33.4 Å². The Morgan fingerprint density at radius 2 is 0.688 bits per heavy atom. The smallest absolute Gasteiger partial charge is 0.340 e. The van der Waals surface area contributed by atoms with Crippen LogP contribution in [-0.2, 0) is 39.9 Å². The molecular weight excluding hydrogens is 987 g/mol. The van der Waals surface area contributed by atoms with Gasteiger partial charge in [-0.25, -0.2) is 14.4 Å². The molecule has 6 aromatic carbocycles. The molecule has 20 heteroatoms. The van der Waals surface area contributed by atoms with Gasteiger partial charge in [0.25, 0.3) is 0 Å². The number of esters is 3. The van der Waals surface area contributed by atoms with Crippen molar-refractivity contribution in [1.29, 1.82) is 0 Å².